The minimum Gasteiger partial charge on any atom is -0.508 e. The molecule has 1 amide bonds. The van der Waals surface area contributed by atoms with Crippen LogP contribution in [-0.4, -0.2) is 17.1 Å². The average molecular weight is 284 g/mol. The van der Waals surface area contributed by atoms with Crippen LogP contribution in [0, 0.1) is 0 Å². The molecule has 2 aromatic carbocycles. The predicted molar refractivity (Wildman–Crippen MR) is 82.8 cm³/mol. The summed E-state index contributed by atoms with van der Waals surface area (Å²) in [4.78, 5) is 12.1. The lowest BCUT2D eigenvalue weighted by Gasteiger charge is -2.18. The number of benzene rings is 2. The van der Waals surface area contributed by atoms with E-state index in [2.05, 4.69) is 5.32 Å². The summed E-state index contributed by atoms with van der Waals surface area (Å²) in [5.74, 6) is -0.0168. The quantitative estimate of drug-likeness (QED) is 0.787. The molecule has 0 aliphatic heterocycles. The molecule has 1 unspecified atom stereocenters. The predicted octanol–water partition coefficient (Wildman–Crippen LogP) is 2.14. The van der Waals surface area contributed by atoms with Gasteiger partial charge in [0.05, 0.1) is 12.1 Å². The molecule has 4 nitrogen and oxygen atoms in total. The Bertz CT molecular complexity index is 599. The van der Waals surface area contributed by atoms with Crippen molar-refractivity contribution < 1.29 is 9.90 Å². The van der Waals surface area contributed by atoms with Gasteiger partial charge in [-0.25, -0.2) is 0 Å². The van der Waals surface area contributed by atoms with E-state index in [0.29, 0.717) is 6.42 Å². The van der Waals surface area contributed by atoms with Crippen LogP contribution in [0.15, 0.2) is 54.6 Å². The first-order valence-corrected chi connectivity index (χ1v) is 6.95. The Morgan fingerprint density at radius 3 is 2.57 bits per heavy atom. The Kier molecular flexibility index (Phi) is 4.95. The molecule has 2 aromatic rings. The monoisotopic (exact) mass is 284 g/mol. The van der Waals surface area contributed by atoms with Crippen molar-refractivity contribution in [3.8, 4) is 5.75 Å². The number of nitrogens with one attached hydrogen (secondary N) is 1. The molecule has 0 saturated heterocycles. The Balaban J connectivity index is 1.94. The minimum absolute atomic E-state index is 0.183. The first-order chi connectivity index (χ1) is 10.1. The van der Waals surface area contributed by atoms with E-state index in [4.69, 9.17) is 5.73 Å². The highest BCUT2D eigenvalue weighted by Crippen LogP contribution is 2.17. The Morgan fingerprint density at radius 2 is 1.90 bits per heavy atom. The maximum atomic E-state index is 12.1. The largest absolute Gasteiger partial charge is 0.508 e. The van der Waals surface area contributed by atoms with Crippen LogP contribution in [-0.2, 0) is 11.2 Å². The molecular formula is C17H20N2O2. The van der Waals surface area contributed by atoms with Gasteiger partial charge in [-0.15, -0.1) is 0 Å². The van der Waals surface area contributed by atoms with Gasteiger partial charge in [-0.3, -0.25) is 4.79 Å². The Hall–Kier alpha value is -2.33. The Labute approximate surface area is 124 Å². The lowest BCUT2D eigenvalue weighted by atomic mass is 10.0. The van der Waals surface area contributed by atoms with Crippen LogP contribution in [0.3, 0.4) is 0 Å². The molecule has 0 aromatic heterocycles. The molecule has 0 radical (unpaired) electrons. The van der Waals surface area contributed by atoms with Crippen molar-refractivity contribution in [1.82, 2.24) is 5.32 Å². The van der Waals surface area contributed by atoms with Crippen molar-refractivity contribution in [2.75, 3.05) is 0 Å². The zero-order valence-corrected chi connectivity index (χ0v) is 12.0. The first kappa shape index (κ1) is 15.1. The van der Waals surface area contributed by atoms with Gasteiger partial charge in [-0.05, 0) is 36.6 Å². The topological polar surface area (TPSA) is 75.4 Å². The average Bonchev–Trinajstić information content (AvgIpc) is 2.48. The van der Waals surface area contributed by atoms with Gasteiger partial charge in [0, 0.05) is 0 Å². The number of amides is 1. The van der Waals surface area contributed by atoms with E-state index < -0.39 is 6.04 Å². The number of aromatic hydroxyl groups is 1. The molecule has 0 fully saturated rings. The van der Waals surface area contributed by atoms with Gasteiger partial charge in [0.25, 0.3) is 0 Å². The van der Waals surface area contributed by atoms with Gasteiger partial charge in [-0.1, -0.05) is 42.5 Å². The SMILES string of the molecule is CC(NC(=O)[C@H](N)Cc1ccccc1)c1cccc(O)c1. The number of hydrogen-bond acceptors (Lipinski definition) is 3. The van der Waals surface area contributed by atoms with Crippen LogP contribution in [0.1, 0.15) is 24.1 Å². The van der Waals surface area contributed by atoms with E-state index >= 15 is 0 Å². The highest BCUT2D eigenvalue weighted by molar-refractivity contribution is 5.82. The minimum atomic E-state index is -0.591. The number of carbonyl (C=O) groups excluding carboxylic acids is 1. The van der Waals surface area contributed by atoms with Crippen LogP contribution in [0.4, 0.5) is 0 Å². The van der Waals surface area contributed by atoms with Crippen molar-refractivity contribution in [1.29, 1.82) is 0 Å². The van der Waals surface area contributed by atoms with Crippen LogP contribution < -0.4 is 11.1 Å². The van der Waals surface area contributed by atoms with E-state index in [-0.39, 0.29) is 17.7 Å². The lowest BCUT2D eigenvalue weighted by Crippen LogP contribution is -2.42. The molecule has 0 aliphatic rings. The van der Waals surface area contributed by atoms with Crippen molar-refractivity contribution >= 4 is 5.91 Å². The van der Waals surface area contributed by atoms with Gasteiger partial charge in [0.1, 0.15) is 5.75 Å². The highest BCUT2D eigenvalue weighted by Gasteiger charge is 2.17. The van der Waals surface area contributed by atoms with Crippen LogP contribution in [0.5, 0.6) is 5.75 Å². The molecule has 2 atom stereocenters. The standard InChI is InChI=1S/C17H20N2O2/c1-12(14-8-5-9-15(20)11-14)19-17(21)16(18)10-13-6-3-2-4-7-13/h2-9,11-12,16,20H,10,18H2,1H3,(H,19,21)/t12?,16-/m1/s1. The van der Waals surface area contributed by atoms with Crippen LogP contribution in [0.2, 0.25) is 0 Å². The number of phenolic OH excluding ortho intramolecular Hbond substituents is 1. The summed E-state index contributed by atoms with van der Waals surface area (Å²) in [5.41, 5.74) is 7.82. The molecule has 0 spiro atoms. The van der Waals surface area contributed by atoms with Crippen LogP contribution in [0.25, 0.3) is 0 Å². The number of rotatable bonds is 5. The van der Waals surface area contributed by atoms with Crippen molar-refractivity contribution in [2.45, 2.75) is 25.4 Å². The van der Waals surface area contributed by atoms with Crippen molar-refractivity contribution in [3.05, 3.63) is 65.7 Å². The molecule has 2 rings (SSSR count). The summed E-state index contributed by atoms with van der Waals surface area (Å²) in [5, 5.41) is 12.3. The number of nitrogens with two attached hydrogens (primary N) is 1. The number of phenols is 1. The molecule has 0 aliphatic carbocycles. The maximum absolute atomic E-state index is 12.1. The van der Waals surface area contributed by atoms with Gasteiger partial charge in [-0.2, -0.15) is 0 Å². The fourth-order valence-corrected chi connectivity index (χ4v) is 2.16. The summed E-state index contributed by atoms with van der Waals surface area (Å²) < 4.78 is 0. The molecule has 0 heterocycles. The second kappa shape index (κ2) is 6.90. The fourth-order valence-electron chi connectivity index (χ4n) is 2.16. The van der Waals surface area contributed by atoms with Gasteiger partial charge in [0.2, 0.25) is 5.91 Å². The van der Waals surface area contributed by atoms with Gasteiger partial charge in [0.15, 0.2) is 0 Å². The molecular weight excluding hydrogens is 264 g/mol. The van der Waals surface area contributed by atoms with E-state index in [1.807, 2.05) is 43.3 Å². The second-order valence-corrected chi connectivity index (χ2v) is 5.12. The summed E-state index contributed by atoms with van der Waals surface area (Å²) in [7, 11) is 0. The van der Waals surface area contributed by atoms with E-state index in [9.17, 15) is 9.90 Å². The normalized spacial score (nSPS) is 13.4. The number of hydrogen-bond donors (Lipinski definition) is 3. The van der Waals surface area contributed by atoms with Gasteiger partial charge >= 0.3 is 0 Å². The van der Waals surface area contributed by atoms with E-state index in [0.717, 1.165) is 11.1 Å². The van der Waals surface area contributed by atoms with Crippen molar-refractivity contribution in [2.24, 2.45) is 5.73 Å². The third-order valence-corrected chi connectivity index (χ3v) is 3.36. The Morgan fingerprint density at radius 1 is 1.19 bits per heavy atom. The molecule has 21 heavy (non-hydrogen) atoms. The van der Waals surface area contributed by atoms with Crippen LogP contribution >= 0.6 is 0 Å². The van der Waals surface area contributed by atoms with E-state index in [1.165, 1.54) is 0 Å². The van der Waals surface area contributed by atoms with E-state index in [1.54, 1.807) is 18.2 Å². The smallest absolute Gasteiger partial charge is 0.237 e. The maximum Gasteiger partial charge on any atom is 0.237 e. The molecule has 4 N–H and O–H groups in total. The number of carbonyl (C=O) groups is 1. The fraction of sp³-hybridized carbons (Fsp3) is 0.235. The summed E-state index contributed by atoms with van der Waals surface area (Å²) >= 11 is 0. The zero-order chi connectivity index (χ0) is 15.2. The molecule has 110 valence electrons. The molecule has 0 saturated carbocycles. The molecule has 4 heteroatoms. The summed E-state index contributed by atoms with van der Waals surface area (Å²) in [6.07, 6.45) is 0.499. The van der Waals surface area contributed by atoms with Gasteiger partial charge < -0.3 is 16.2 Å². The lowest BCUT2D eigenvalue weighted by molar-refractivity contribution is -0.123. The summed E-state index contributed by atoms with van der Waals surface area (Å²) in [6.45, 7) is 1.86. The highest BCUT2D eigenvalue weighted by atomic mass is 16.3. The van der Waals surface area contributed by atoms with Crippen molar-refractivity contribution in [3.63, 3.8) is 0 Å². The first-order valence-electron chi connectivity index (χ1n) is 6.95. The summed E-state index contributed by atoms with van der Waals surface area (Å²) in [6, 6.07) is 15.7. The zero-order valence-electron chi connectivity index (χ0n) is 12.0. The molecule has 0 bridgehead atoms. The third kappa shape index (κ3) is 4.33. The second-order valence-electron chi connectivity index (χ2n) is 5.12. The third-order valence-electron chi connectivity index (χ3n) is 3.36.